The van der Waals surface area contributed by atoms with Crippen LogP contribution in [0.5, 0.6) is 0 Å². The van der Waals surface area contributed by atoms with E-state index in [9.17, 15) is 9.18 Å². The zero-order chi connectivity index (χ0) is 13.8. The van der Waals surface area contributed by atoms with Gasteiger partial charge in [0, 0.05) is 25.2 Å². The van der Waals surface area contributed by atoms with E-state index in [4.69, 9.17) is 5.73 Å². The molecular weight excluding hydrogens is 245 g/mol. The van der Waals surface area contributed by atoms with Gasteiger partial charge in [0.2, 0.25) is 5.91 Å². The van der Waals surface area contributed by atoms with E-state index in [1.54, 1.807) is 12.1 Å². The lowest BCUT2D eigenvalue weighted by molar-refractivity contribution is -0.123. The summed E-state index contributed by atoms with van der Waals surface area (Å²) in [6.07, 6.45) is 0.928. The van der Waals surface area contributed by atoms with Crippen LogP contribution in [0.3, 0.4) is 0 Å². The molecule has 104 valence electrons. The molecule has 1 aliphatic rings. The van der Waals surface area contributed by atoms with E-state index in [0.717, 1.165) is 31.6 Å². The number of rotatable bonds is 3. The monoisotopic (exact) mass is 265 g/mol. The minimum Gasteiger partial charge on any atom is -0.368 e. The van der Waals surface area contributed by atoms with Crippen LogP contribution in [0.2, 0.25) is 0 Å². The Hall–Kier alpha value is -1.46. The fourth-order valence-electron chi connectivity index (χ4n) is 2.53. The molecule has 0 radical (unpaired) electrons. The Bertz CT molecular complexity index is 456. The van der Waals surface area contributed by atoms with Crippen LogP contribution in [0.4, 0.5) is 4.39 Å². The maximum Gasteiger partial charge on any atom is 0.239 e. The largest absolute Gasteiger partial charge is 0.368 e. The average Bonchev–Trinajstić information content (AvgIpc) is 2.62. The van der Waals surface area contributed by atoms with Gasteiger partial charge in [-0.1, -0.05) is 17.7 Å². The number of carbonyl (C=O) groups is 1. The molecule has 0 saturated carbocycles. The third-order valence-electron chi connectivity index (χ3n) is 3.46. The topological polar surface area (TPSA) is 58.4 Å². The Balaban J connectivity index is 2.33. The van der Waals surface area contributed by atoms with Gasteiger partial charge in [-0.2, -0.15) is 0 Å². The number of carbonyl (C=O) groups excluding carboxylic acids is 1. The zero-order valence-electron chi connectivity index (χ0n) is 11.2. The molecule has 1 fully saturated rings. The van der Waals surface area contributed by atoms with E-state index in [-0.39, 0.29) is 5.82 Å². The fourth-order valence-corrected chi connectivity index (χ4v) is 2.53. The number of aryl methyl sites for hydroxylation is 1. The first kappa shape index (κ1) is 14.0. The van der Waals surface area contributed by atoms with E-state index >= 15 is 0 Å². The molecule has 19 heavy (non-hydrogen) atoms. The third-order valence-corrected chi connectivity index (χ3v) is 3.46. The van der Waals surface area contributed by atoms with Crippen molar-refractivity contribution in [2.75, 3.05) is 26.2 Å². The molecule has 1 amide bonds. The molecule has 3 N–H and O–H groups in total. The Kier molecular flexibility index (Phi) is 4.50. The van der Waals surface area contributed by atoms with Crippen LogP contribution < -0.4 is 11.1 Å². The molecule has 5 heteroatoms. The molecular formula is C14H20FN3O. The highest BCUT2D eigenvalue weighted by Gasteiger charge is 2.28. The number of hydrogen-bond acceptors (Lipinski definition) is 3. The van der Waals surface area contributed by atoms with E-state index in [1.807, 2.05) is 11.8 Å². The van der Waals surface area contributed by atoms with E-state index < -0.39 is 11.9 Å². The highest BCUT2D eigenvalue weighted by Crippen LogP contribution is 2.24. The second-order valence-corrected chi connectivity index (χ2v) is 4.97. The smallest absolute Gasteiger partial charge is 0.239 e. The molecule has 1 aliphatic heterocycles. The number of halogens is 1. The van der Waals surface area contributed by atoms with Crippen molar-refractivity contribution in [2.24, 2.45) is 5.73 Å². The van der Waals surface area contributed by atoms with Gasteiger partial charge >= 0.3 is 0 Å². The van der Waals surface area contributed by atoms with Crippen LogP contribution in [-0.2, 0) is 4.79 Å². The standard InChI is InChI=1S/C14H20FN3O/c1-10-3-4-12(15)11(9-10)13(14(16)19)18-7-2-5-17-6-8-18/h3-4,9,13,17H,2,5-8H2,1H3,(H2,16,19). The van der Waals surface area contributed by atoms with Crippen molar-refractivity contribution in [3.05, 3.63) is 35.1 Å². The van der Waals surface area contributed by atoms with Gasteiger partial charge < -0.3 is 11.1 Å². The highest BCUT2D eigenvalue weighted by molar-refractivity contribution is 5.81. The molecule has 1 atom stereocenters. The van der Waals surface area contributed by atoms with Crippen molar-refractivity contribution in [1.82, 2.24) is 10.2 Å². The van der Waals surface area contributed by atoms with Crippen molar-refractivity contribution < 1.29 is 9.18 Å². The summed E-state index contributed by atoms with van der Waals surface area (Å²) in [4.78, 5) is 13.7. The predicted molar refractivity (Wildman–Crippen MR) is 72.1 cm³/mol. The molecule has 1 saturated heterocycles. The number of primary amides is 1. The lowest BCUT2D eigenvalue weighted by Crippen LogP contribution is -2.40. The Labute approximate surface area is 112 Å². The highest BCUT2D eigenvalue weighted by atomic mass is 19.1. The lowest BCUT2D eigenvalue weighted by Gasteiger charge is -2.28. The van der Waals surface area contributed by atoms with Crippen molar-refractivity contribution in [1.29, 1.82) is 0 Å². The van der Waals surface area contributed by atoms with Crippen molar-refractivity contribution in [3.8, 4) is 0 Å². The molecule has 0 aliphatic carbocycles. The maximum absolute atomic E-state index is 14.0. The van der Waals surface area contributed by atoms with Crippen LogP contribution in [0.1, 0.15) is 23.6 Å². The summed E-state index contributed by atoms with van der Waals surface area (Å²) in [5.41, 5.74) is 6.81. The fraction of sp³-hybridized carbons (Fsp3) is 0.500. The molecule has 0 spiro atoms. The summed E-state index contributed by atoms with van der Waals surface area (Å²) in [6, 6.07) is 4.13. The van der Waals surface area contributed by atoms with Gasteiger partial charge in [0.25, 0.3) is 0 Å². The summed E-state index contributed by atoms with van der Waals surface area (Å²) >= 11 is 0. The number of nitrogens with zero attached hydrogens (tertiary/aromatic N) is 1. The van der Waals surface area contributed by atoms with E-state index in [0.29, 0.717) is 12.1 Å². The molecule has 1 aromatic rings. The van der Waals surface area contributed by atoms with Crippen LogP contribution in [-0.4, -0.2) is 37.0 Å². The molecule has 1 aromatic carbocycles. The summed E-state index contributed by atoms with van der Waals surface area (Å²) in [5, 5.41) is 3.26. The summed E-state index contributed by atoms with van der Waals surface area (Å²) in [7, 11) is 0. The number of hydrogen-bond donors (Lipinski definition) is 2. The van der Waals surface area contributed by atoms with E-state index in [2.05, 4.69) is 5.32 Å². The van der Waals surface area contributed by atoms with Gasteiger partial charge in [0.15, 0.2) is 0 Å². The van der Waals surface area contributed by atoms with Crippen molar-refractivity contribution >= 4 is 5.91 Å². The molecule has 1 unspecified atom stereocenters. The molecule has 2 rings (SSSR count). The van der Waals surface area contributed by atoms with Gasteiger partial charge in [0.05, 0.1) is 0 Å². The van der Waals surface area contributed by atoms with Gasteiger partial charge in [-0.15, -0.1) is 0 Å². The lowest BCUT2D eigenvalue weighted by atomic mass is 10.0. The Morgan fingerprint density at radius 3 is 2.95 bits per heavy atom. The van der Waals surface area contributed by atoms with Crippen LogP contribution >= 0.6 is 0 Å². The van der Waals surface area contributed by atoms with Gasteiger partial charge in [-0.05, 0) is 26.0 Å². The van der Waals surface area contributed by atoms with E-state index in [1.165, 1.54) is 6.07 Å². The zero-order valence-corrected chi connectivity index (χ0v) is 11.2. The molecule has 0 aromatic heterocycles. The van der Waals surface area contributed by atoms with Gasteiger partial charge in [-0.25, -0.2) is 4.39 Å². The minimum absolute atomic E-state index is 0.369. The SMILES string of the molecule is Cc1ccc(F)c(C(C(N)=O)N2CCCNCC2)c1. The first-order valence-electron chi connectivity index (χ1n) is 6.59. The normalized spacial score (nSPS) is 18.8. The Morgan fingerprint density at radius 1 is 1.42 bits per heavy atom. The van der Waals surface area contributed by atoms with Crippen LogP contribution in [0.25, 0.3) is 0 Å². The quantitative estimate of drug-likeness (QED) is 0.855. The molecule has 4 nitrogen and oxygen atoms in total. The summed E-state index contributed by atoms with van der Waals surface area (Å²) in [6.45, 7) is 5.02. The third kappa shape index (κ3) is 3.30. The second kappa shape index (κ2) is 6.12. The van der Waals surface area contributed by atoms with Crippen LogP contribution in [0, 0.1) is 12.7 Å². The first-order chi connectivity index (χ1) is 9.09. The second-order valence-electron chi connectivity index (χ2n) is 4.97. The van der Waals surface area contributed by atoms with Crippen molar-refractivity contribution in [2.45, 2.75) is 19.4 Å². The van der Waals surface area contributed by atoms with Crippen molar-refractivity contribution in [3.63, 3.8) is 0 Å². The predicted octanol–water partition coefficient (Wildman–Crippen LogP) is 0.956. The first-order valence-corrected chi connectivity index (χ1v) is 6.59. The average molecular weight is 265 g/mol. The molecule has 0 bridgehead atoms. The summed E-state index contributed by atoms with van der Waals surface area (Å²) < 4.78 is 14.0. The minimum atomic E-state index is -0.681. The number of nitrogens with one attached hydrogen (secondary N) is 1. The molecule has 1 heterocycles. The van der Waals surface area contributed by atoms with Gasteiger partial charge in [0.1, 0.15) is 11.9 Å². The number of benzene rings is 1. The maximum atomic E-state index is 14.0. The summed E-state index contributed by atoms with van der Waals surface area (Å²) in [5.74, 6) is -0.863. The van der Waals surface area contributed by atoms with Gasteiger partial charge in [-0.3, -0.25) is 9.69 Å². The number of nitrogens with two attached hydrogens (primary N) is 1. The Morgan fingerprint density at radius 2 is 2.21 bits per heavy atom. The van der Waals surface area contributed by atoms with Crippen LogP contribution in [0.15, 0.2) is 18.2 Å². The number of amides is 1.